The van der Waals surface area contributed by atoms with Crippen molar-refractivity contribution >= 4 is 22.7 Å². The summed E-state index contributed by atoms with van der Waals surface area (Å²) in [5, 5.41) is 21.8. The first-order valence-electron chi connectivity index (χ1n) is 10.6. The largest absolute Gasteiger partial charge is 0.510 e. The van der Waals surface area contributed by atoms with Crippen LogP contribution in [0.4, 0.5) is 0 Å². The molecule has 2 heterocycles. The standard InChI is InChI=1S/C25H27N3O5S/c1-30-19-7-5-15(11-21(19)32-3)9-10-28-13-18(29)23(24(28)26)25-27-17(14-34-25)16-6-8-20(31-2)22(12-16)33-4/h5-8,11-12,14,26,29H,9-10,13H2,1-4H3. The Morgan fingerprint density at radius 2 is 1.59 bits per heavy atom. The molecule has 4 rings (SSSR count). The lowest BCUT2D eigenvalue weighted by Gasteiger charge is -2.18. The van der Waals surface area contributed by atoms with Gasteiger partial charge in [0.2, 0.25) is 0 Å². The molecule has 0 saturated heterocycles. The van der Waals surface area contributed by atoms with Crippen molar-refractivity contribution in [2.45, 2.75) is 6.42 Å². The molecule has 0 spiro atoms. The molecule has 1 aromatic heterocycles. The highest BCUT2D eigenvalue weighted by molar-refractivity contribution is 7.11. The normalized spacial score (nSPS) is 13.4. The van der Waals surface area contributed by atoms with Crippen LogP contribution >= 0.6 is 11.3 Å². The minimum atomic E-state index is 0.158. The van der Waals surface area contributed by atoms with Crippen LogP contribution in [0.25, 0.3) is 16.8 Å². The van der Waals surface area contributed by atoms with Crippen LogP contribution in [0.15, 0.2) is 47.5 Å². The number of methoxy groups -OCH3 is 4. The first-order valence-corrected chi connectivity index (χ1v) is 11.5. The van der Waals surface area contributed by atoms with Gasteiger partial charge in [-0.2, -0.15) is 0 Å². The number of nitrogens with one attached hydrogen (secondary N) is 1. The maximum Gasteiger partial charge on any atom is 0.161 e. The summed E-state index contributed by atoms with van der Waals surface area (Å²) in [4.78, 5) is 6.54. The van der Waals surface area contributed by atoms with E-state index in [1.165, 1.54) is 11.3 Å². The Hall–Kier alpha value is -3.72. The number of aliphatic hydroxyl groups is 1. The van der Waals surface area contributed by atoms with Gasteiger partial charge in [-0.25, -0.2) is 4.98 Å². The number of aliphatic hydroxyl groups excluding tert-OH is 1. The molecular formula is C25H27N3O5S. The molecule has 1 aliphatic rings. The summed E-state index contributed by atoms with van der Waals surface area (Å²) < 4.78 is 21.4. The number of hydrogen-bond donors (Lipinski definition) is 2. The first-order chi connectivity index (χ1) is 16.5. The molecule has 1 aliphatic heterocycles. The van der Waals surface area contributed by atoms with E-state index < -0.39 is 0 Å². The van der Waals surface area contributed by atoms with Crippen LogP contribution in [0.3, 0.4) is 0 Å². The predicted molar refractivity (Wildman–Crippen MR) is 133 cm³/mol. The molecule has 0 atom stereocenters. The van der Waals surface area contributed by atoms with Gasteiger partial charge in [-0.3, -0.25) is 5.41 Å². The van der Waals surface area contributed by atoms with E-state index in [1.54, 1.807) is 28.4 Å². The number of amidine groups is 1. The van der Waals surface area contributed by atoms with Crippen LogP contribution in [-0.4, -0.2) is 62.4 Å². The number of rotatable bonds is 9. The molecule has 0 saturated carbocycles. The third-order valence-corrected chi connectivity index (χ3v) is 6.56. The minimum absolute atomic E-state index is 0.158. The Balaban J connectivity index is 1.48. The molecule has 0 radical (unpaired) electrons. The van der Waals surface area contributed by atoms with E-state index >= 15 is 0 Å². The van der Waals surface area contributed by atoms with E-state index in [0.29, 0.717) is 46.5 Å². The molecular weight excluding hydrogens is 454 g/mol. The second-order valence-electron chi connectivity index (χ2n) is 7.64. The SMILES string of the molecule is COc1ccc(CCN2CC(O)=C(c3nc(-c4ccc(OC)c(OC)c4)cs3)C2=N)cc1OC. The molecule has 34 heavy (non-hydrogen) atoms. The zero-order valence-electron chi connectivity index (χ0n) is 19.5. The molecule has 3 aromatic rings. The minimum Gasteiger partial charge on any atom is -0.510 e. The second kappa shape index (κ2) is 10.0. The van der Waals surface area contributed by atoms with E-state index in [-0.39, 0.29) is 18.1 Å². The van der Waals surface area contributed by atoms with Crippen LogP contribution in [-0.2, 0) is 6.42 Å². The van der Waals surface area contributed by atoms with Gasteiger partial charge >= 0.3 is 0 Å². The van der Waals surface area contributed by atoms with E-state index in [9.17, 15) is 5.11 Å². The number of ether oxygens (including phenoxy) is 4. The van der Waals surface area contributed by atoms with E-state index in [1.807, 2.05) is 46.7 Å². The smallest absolute Gasteiger partial charge is 0.161 e. The molecule has 0 unspecified atom stereocenters. The fourth-order valence-electron chi connectivity index (χ4n) is 3.87. The summed E-state index contributed by atoms with van der Waals surface area (Å²) >= 11 is 1.40. The zero-order chi connectivity index (χ0) is 24.2. The molecule has 178 valence electrons. The zero-order valence-corrected chi connectivity index (χ0v) is 20.4. The Bertz CT molecular complexity index is 1240. The maximum absolute atomic E-state index is 10.7. The van der Waals surface area contributed by atoms with Gasteiger partial charge in [0, 0.05) is 17.5 Å². The average Bonchev–Trinajstić information content (AvgIpc) is 3.45. The number of nitrogens with zero attached hydrogens (tertiary/aromatic N) is 2. The van der Waals surface area contributed by atoms with E-state index in [4.69, 9.17) is 29.3 Å². The number of aromatic nitrogens is 1. The average molecular weight is 482 g/mol. The monoisotopic (exact) mass is 481 g/mol. The Morgan fingerprint density at radius 1 is 0.941 bits per heavy atom. The quantitative estimate of drug-likeness (QED) is 0.459. The van der Waals surface area contributed by atoms with Crippen LogP contribution in [0.2, 0.25) is 0 Å². The molecule has 2 N–H and O–H groups in total. The van der Waals surface area contributed by atoms with Gasteiger partial charge in [-0.15, -0.1) is 11.3 Å². The number of benzene rings is 2. The van der Waals surface area contributed by atoms with Gasteiger partial charge < -0.3 is 29.0 Å². The molecule has 0 amide bonds. The van der Waals surface area contributed by atoms with Gasteiger partial charge in [0.25, 0.3) is 0 Å². The van der Waals surface area contributed by atoms with Crippen molar-refractivity contribution in [3.8, 4) is 34.3 Å². The predicted octanol–water partition coefficient (Wildman–Crippen LogP) is 4.65. The molecule has 2 aromatic carbocycles. The molecule has 0 aliphatic carbocycles. The second-order valence-corrected chi connectivity index (χ2v) is 8.50. The fraction of sp³-hybridized carbons (Fsp3) is 0.280. The molecule has 0 bridgehead atoms. The number of thiazole rings is 1. The van der Waals surface area contributed by atoms with Crippen LogP contribution in [0, 0.1) is 5.41 Å². The highest BCUT2D eigenvalue weighted by atomic mass is 32.1. The molecule has 8 nitrogen and oxygen atoms in total. The summed E-state index contributed by atoms with van der Waals surface area (Å²) in [5.74, 6) is 3.03. The Morgan fingerprint density at radius 3 is 2.26 bits per heavy atom. The van der Waals surface area contributed by atoms with Gasteiger partial charge in [0.05, 0.1) is 46.3 Å². The van der Waals surface area contributed by atoms with Crippen molar-refractivity contribution in [1.82, 2.24) is 9.88 Å². The van der Waals surface area contributed by atoms with Crippen molar-refractivity contribution in [2.75, 3.05) is 41.5 Å². The summed E-state index contributed by atoms with van der Waals surface area (Å²) in [6, 6.07) is 11.4. The fourth-order valence-corrected chi connectivity index (χ4v) is 4.76. The topological polar surface area (TPSA) is 97.1 Å². The summed E-state index contributed by atoms with van der Waals surface area (Å²) in [6.45, 7) is 0.864. The molecule has 9 heteroatoms. The van der Waals surface area contributed by atoms with Crippen molar-refractivity contribution in [3.05, 3.63) is 58.1 Å². The maximum atomic E-state index is 10.7. The highest BCUT2D eigenvalue weighted by Crippen LogP contribution is 2.36. The summed E-state index contributed by atoms with van der Waals surface area (Å²) in [5.41, 5.74) is 3.15. The lowest BCUT2D eigenvalue weighted by molar-refractivity contribution is 0.349. The van der Waals surface area contributed by atoms with Crippen molar-refractivity contribution in [1.29, 1.82) is 5.41 Å². The highest BCUT2D eigenvalue weighted by Gasteiger charge is 2.30. The van der Waals surface area contributed by atoms with E-state index in [2.05, 4.69) is 0 Å². The van der Waals surface area contributed by atoms with E-state index in [0.717, 1.165) is 16.8 Å². The van der Waals surface area contributed by atoms with Crippen molar-refractivity contribution < 1.29 is 24.1 Å². The van der Waals surface area contributed by atoms with Gasteiger partial charge in [0.1, 0.15) is 16.6 Å². The van der Waals surface area contributed by atoms with Gasteiger partial charge in [-0.05, 0) is 42.3 Å². The van der Waals surface area contributed by atoms with Crippen molar-refractivity contribution in [2.24, 2.45) is 0 Å². The lowest BCUT2D eigenvalue weighted by Crippen LogP contribution is -2.28. The summed E-state index contributed by atoms with van der Waals surface area (Å²) in [6.07, 6.45) is 0.693. The van der Waals surface area contributed by atoms with Crippen LogP contribution < -0.4 is 18.9 Å². The van der Waals surface area contributed by atoms with Crippen LogP contribution in [0.5, 0.6) is 23.0 Å². The Labute approximate surface area is 202 Å². The third-order valence-electron chi connectivity index (χ3n) is 5.70. The van der Waals surface area contributed by atoms with Crippen molar-refractivity contribution in [3.63, 3.8) is 0 Å². The Kier molecular flexibility index (Phi) is 6.93. The van der Waals surface area contributed by atoms with Gasteiger partial charge in [-0.1, -0.05) is 6.07 Å². The summed E-state index contributed by atoms with van der Waals surface area (Å²) in [7, 11) is 6.40. The first kappa shape index (κ1) is 23.4. The molecule has 0 fully saturated rings. The van der Waals surface area contributed by atoms with Crippen LogP contribution in [0.1, 0.15) is 10.6 Å². The van der Waals surface area contributed by atoms with Gasteiger partial charge in [0.15, 0.2) is 23.0 Å². The number of hydrogen-bond acceptors (Lipinski definition) is 8. The third kappa shape index (κ3) is 4.51. The lowest BCUT2D eigenvalue weighted by atomic mass is 10.1.